The van der Waals surface area contributed by atoms with Crippen molar-refractivity contribution in [3.05, 3.63) is 28.8 Å². The van der Waals surface area contributed by atoms with Crippen LogP contribution in [0.1, 0.15) is 50.4 Å². The molecule has 1 fully saturated rings. The molecule has 1 saturated heterocycles. The maximum Gasteiger partial charge on any atom is 0.311 e. The van der Waals surface area contributed by atoms with Crippen molar-refractivity contribution >= 4 is 35.1 Å². The SMILES string of the molecule is CC(C)CC(=O)Nc1ccc(Cl)c(C(=O)N2CCCC(C)(C(=O)O)C2)c1. The molecule has 2 amide bonds. The van der Waals surface area contributed by atoms with Crippen molar-refractivity contribution in [2.45, 2.75) is 40.0 Å². The van der Waals surface area contributed by atoms with E-state index >= 15 is 0 Å². The first kappa shape index (κ1) is 20.2. The Hall–Kier alpha value is -2.08. The summed E-state index contributed by atoms with van der Waals surface area (Å²) in [4.78, 5) is 37.9. The van der Waals surface area contributed by atoms with E-state index in [1.807, 2.05) is 13.8 Å². The Bertz CT molecular complexity index is 719. The molecule has 2 N–H and O–H groups in total. The summed E-state index contributed by atoms with van der Waals surface area (Å²) in [5.74, 6) is -1.12. The number of hydrogen-bond acceptors (Lipinski definition) is 3. The van der Waals surface area contributed by atoms with Crippen LogP contribution in [0.4, 0.5) is 5.69 Å². The lowest BCUT2D eigenvalue weighted by Gasteiger charge is -2.37. The van der Waals surface area contributed by atoms with Crippen LogP contribution >= 0.6 is 11.6 Å². The molecule has 1 aromatic rings. The molecular formula is C19H25ClN2O4. The normalized spacial score (nSPS) is 20.1. The molecule has 6 nitrogen and oxygen atoms in total. The average Bonchev–Trinajstić information content (AvgIpc) is 2.55. The van der Waals surface area contributed by atoms with Crippen molar-refractivity contribution < 1.29 is 19.5 Å². The number of carboxylic acids is 1. The van der Waals surface area contributed by atoms with Gasteiger partial charge in [0.1, 0.15) is 0 Å². The molecule has 0 saturated carbocycles. The van der Waals surface area contributed by atoms with E-state index in [0.717, 1.165) is 0 Å². The third-order valence-electron chi connectivity index (χ3n) is 4.57. The topological polar surface area (TPSA) is 86.7 Å². The first-order valence-electron chi connectivity index (χ1n) is 8.74. The quantitative estimate of drug-likeness (QED) is 0.816. The maximum absolute atomic E-state index is 12.9. The maximum atomic E-state index is 12.9. The van der Waals surface area contributed by atoms with Crippen molar-refractivity contribution in [2.24, 2.45) is 11.3 Å². The van der Waals surface area contributed by atoms with Crippen LogP contribution in [0, 0.1) is 11.3 Å². The Morgan fingerprint density at radius 3 is 2.65 bits per heavy atom. The Kier molecular flexibility index (Phi) is 6.29. The van der Waals surface area contributed by atoms with E-state index in [0.29, 0.717) is 31.5 Å². The molecule has 1 unspecified atom stereocenters. The van der Waals surface area contributed by atoms with E-state index in [2.05, 4.69) is 5.32 Å². The number of piperidine rings is 1. The summed E-state index contributed by atoms with van der Waals surface area (Å²) in [5, 5.41) is 12.5. The summed E-state index contributed by atoms with van der Waals surface area (Å²) in [5.41, 5.74) is -0.186. The lowest BCUT2D eigenvalue weighted by molar-refractivity contribution is -0.150. The van der Waals surface area contributed by atoms with Crippen molar-refractivity contribution in [1.29, 1.82) is 0 Å². The second-order valence-corrected chi connectivity index (χ2v) is 7.94. The second-order valence-electron chi connectivity index (χ2n) is 7.54. The number of amides is 2. The van der Waals surface area contributed by atoms with Crippen molar-refractivity contribution in [2.75, 3.05) is 18.4 Å². The van der Waals surface area contributed by atoms with E-state index in [9.17, 15) is 19.5 Å². The first-order valence-corrected chi connectivity index (χ1v) is 9.12. The van der Waals surface area contributed by atoms with E-state index < -0.39 is 11.4 Å². The van der Waals surface area contributed by atoms with Crippen LogP contribution in [0.3, 0.4) is 0 Å². The van der Waals surface area contributed by atoms with Gasteiger partial charge in [-0.05, 0) is 43.9 Å². The smallest absolute Gasteiger partial charge is 0.311 e. The fourth-order valence-corrected chi connectivity index (χ4v) is 3.31. The minimum absolute atomic E-state index is 0.128. The number of nitrogens with one attached hydrogen (secondary N) is 1. The van der Waals surface area contributed by atoms with Crippen molar-refractivity contribution in [3.63, 3.8) is 0 Å². The summed E-state index contributed by atoms with van der Waals surface area (Å²) in [7, 11) is 0. The molecule has 1 heterocycles. The number of carbonyl (C=O) groups excluding carboxylic acids is 2. The fraction of sp³-hybridized carbons (Fsp3) is 0.526. The molecule has 7 heteroatoms. The van der Waals surface area contributed by atoms with E-state index in [1.165, 1.54) is 4.90 Å². The van der Waals surface area contributed by atoms with Crippen LogP contribution in [0.2, 0.25) is 5.02 Å². The molecule has 1 aromatic carbocycles. The highest BCUT2D eigenvalue weighted by atomic mass is 35.5. The number of likely N-dealkylation sites (tertiary alicyclic amines) is 1. The lowest BCUT2D eigenvalue weighted by Crippen LogP contribution is -2.48. The molecule has 1 atom stereocenters. The van der Waals surface area contributed by atoms with Gasteiger partial charge in [0.15, 0.2) is 0 Å². The van der Waals surface area contributed by atoms with Crippen LogP contribution in [0.15, 0.2) is 18.2 Å². The van der Waals surface area contributed by atoms with Gasteiger partial charge in [-0.25, -0.2) is 0 Å². The Morgan fingerprint density at radius 2 is 2.04 bits per heavy atom. The number of aliphatic carboxylic acids is 1. The highest BCUT2D eigenvalue weighted by Gasteiger charge is 2.39. The fourth-order valence-electron chi connectivity index (χ4n) is 3.11. The number of hydrogen-bond donors (Lipinski definition) is 2. The van der Waals surface area contributed by atoms with Gasteiger partial charge in [0.25, 0.3) is 5.91 Å². The van der Waals surface area contributed by atoms with Gasteiger partial charge >= 0.3 is 5.97 Å². The lowest BCUT2D eigenvalue weighted by atomic mass is 9.82. The van der Waals surface area contributed by atoms with Gasteiger partial charge in [0.2, 0.25) is 5.91 Å². The van der Waals surface area contributed by atoms with Crippen LogP contribution in [-0.2, 0) is 9.59 Å². The molecule has 0 spiro atoms. The highest BCUT2D eigenvalue weighted by molar-refractivity contribution is 6.34. The highest BCUT2D eigenvalue weighted by Crippen LogP contribution is 2.32. The number of anilines is 1. The predicted molar refractivity (Wildman–Crippen MR) is 100 cm³/mol. The van der Waals surface area contributed by atoms with Gasteiger partial charge < -0.3 is 15.3 Å². The molecule has 0 radical (unpaired) electrons. The third-order valence-corrected chi connectivity index (χ3v) is 4.90. The Balaban J connectivity index is 2.19. The molecule has 1 aliphatic rings. The van der Waals surface area contributed by atoms with Gasteiger partial charge in [-0.3, -0.25) is 14.4 Å². The first-order chi connectivity index (χ1) is 12.1. The number of benzene rings is 1. The zero-order valence-electron chi connectivity index (χ0n) is 15.3. The molecule has 2 rings (SSSR count). The molecule has 0 bridgehead atoms. The van der Waals surface area contributed by atoms with E-state index in [1.54, 1.807) is 25.1 Å². The molecular weight excluding hydrogens is 356 g/mol. The number of halogens is 1. The van der Waals surface area contributed by atoms with E-state index in [4.69, 9.17) is 11.6 Å². The minimum atomic E-state index is -0.955. The average molecular weight is 381 g/mol. The van der Waals surface area contributed by atoms with E-state index in [-0.39, 0.29) is 34.9 Å². The van der Waals surface area contributed by atoms with Crippen LogP contribution in [0.5, 0.6) is 0 Å². The largest absolute Gasteiger partial charge is 0.481 e. The third kappa shape index (κ3) is 4.75. The molecule has 0 aliphatic carbocycles. The van der Waals surface area contributed by atoms with Gasteiger partial charge in [-0.2, -0.15) is 0 Å². The molecule has 1 aliphatic heterocycles. The summed E-state index contributed by atoms with van der Waals surface area (Å²) < 4.78 is 0. The summed E-state index contributed by atoms with van der Waals surface area (Å²) in [6, 6.07) is 4.77. The molecule has 142 valence electrons. The number of nitrogens with zero attached hydrogens (tertiary/aromatic N) is 1. The zero-order chi connectivity index (χ0) is 19.5. The monoisotopic (exact) mass is 380 g/mol. The number of rotatable bonds is 5. The van der Waals surface area contributed by atoms with Gasteiger partial charge in [0.05, 0.1) is 16.0 Å². The summed E-state index contributed by atoms with van der Waals surface area (Å²) in [6.45, 7) is 6.18. The zero-order valence-corrected chi connectivity index (χ0v) is 16.1. The molecule has 26 heavy (non-hydrogen) atoms. The van der Waals surface area contributed by atoms with Crippen LogP contribution in [-0.4, -0.2) is 40.9 Å². The van der Waals surface area contributed by atoms with Gasteiger partial charge in [-0.15, -0.1) is 0 Å². The molecule has 0 aromatic heterocycles. The second kappa shape index (κ2) is 8.08. The Labute approximate surface area is 158 Å². The standard InChI is InChI=1S/C19H25ClN2O4/c1-12(2)9-16(23)21-13-5-6-15(20)14(10-13)17(24)22-8-4-7-19(3,11-22)18(25)26/h5-6,10,12H,4,7-9,11H2,1-3H3,(H,21,23)(H,25,26). The van der Waals surface area contributed by atoms with Gasteiger partial charge in [-0.1, -0.05) is 25.4 Å². The van der Waals surface area contributed by atoms with Gasteiger partial charge in [0, 0.05) is 25.2 Å². The summed E-state index contributed by atoms with van der Waals surface area (Å²) in [6.07, 6.45) is 1.54. The van der Waals surface area contributed by atoms with Crippen LogP contribution in [0.25, 0.3) is 0 Å². The number of carbonyl (C=O) groups is 3. The van der Waals surface area contributed by atoms with Crippen molar-refractivity contribution in [3.8, 4) is 0 Å². The predicted octanol–water partition coefficient (Wildman–Crippen LogP) is 3.65. The van der Waals surface area contributed by atoms with Crippen molar-refractivity contribution in [1.82, 2.24) is 4.90 Å². The number of carboxylic acid groups (broad SMARTS) is 1. The van der Waals surface area contributed by atoms with Crippen LogP contribution < -0.4 is 5.32 Å². The minimum Gasteiger partial charge on any atom is -0.481 e. The Morgan fingerprint density at radius 1 is 1.35 bits per heavy atom. The summed E-state index contributed by atoms with van der Waals surface area (Å²) >= 11 is 6.19.